The molecule has 0 radical (unpaired) electrons. The van der Waals surface area contributed by atoms with E-state index in [0.29, 0.717) is 20.6 Å². The van der Waals surface area contributed by atoms with Gasteiger partial charge in [-0.15, -0.1) is 11.3 Å². The summed E-state index contributed by atoms with van der Waals surface area (Å²) in [6.45, 7) is -0.207. The van der Waals surface area contributed by atoms with Gasteiger partial charge in [-0.1, -0.05) is 29.3 Å². The molecule has 19 heavy (non-hydrogen) atoms. The minimum atomic E-state index is -0.394. The van der Waals surface area contributed by atoms with E-state index in [-0.39, 0.29) is 6.61 Å². The third kappa shape index (κ3) is 3.59. The number of para-hydroxylation sites is 1. The molecular weight excluding hydrogens is 307 g/mol. The van der Waals surface area contributed by atoms with Crippen molar-refractivity contribution < 1.29 is 9.53 Å². The fourth-order valence-electron chi connectivity index (χ4n) is 1.33. The Balaban J connectivity index is 2.08. The number of benzene rings is 1. The molecule has 0 aliphatic rings. The summed E-state index contributed by atoms with van der Waals surface area (Å²) in [5, 5.41) is 2.57. The zero-order valence-electron chi connectivity index (χ0n) is 9.97. The second-order valence-electron chi connectivity index (χ2n) is 3.64. The minimum absolute atomic E-state index is 0.207. The highest BCUT2D eigenvalue weighted by molar-refractivity contribution is 7.07. The molecule has 1 heterocycles. The summed E-state index contributed by atoms with van der Waals surface area (Å²) >= 11 is 13.2. The van der Waals surface area contributed by atoms with Crippen molar-refractivity contribution in [3.05, 3.63) is 44.6 Å². The van der Waals surface area contributed by atoms with Crippen molar-refractivity contribution in [1.29, 1.82) is 0 Å². The number of carbonyl (C=O) groups excluding carboxylic acids is 1. The lowest BCUT2D eigenvalue weighted by atomic mass is 10.3. The Morgan fingerprint density at radius 1 is 1.42 bits per heavy atom. The number of carbonyl (C=O) groups is 1. The summed E-state index contributed by atoms with van der Waals surface area (Å²) < 4.78 is 7.06. The molecule has 100 valence electrons. The summed E-state index contributed by atoms with van der Waals surface area (Å²) in [5.74, 6) is -0.0982. The molecule has 0 saturated heterocycles. The van der Waals surface area contributed by atoms with Crippen LogP contribution >= 0.6 is 34.5 Å². The van der Waals surface area contributed by atoms with Crippen molar-refractivity contribution >= 4 is 40.4 Å². The fourth-order valence-corrected chi connectivity index (χ4v) is 2.58. The molecule has 1 aromatic heterocycles. The van der Waals surface area contributed by atoms with Crippen LogP contribution in [0.25, 0.3) is 0 Å². The highest BCUT2D eigenvalue weighted by Crippen LogP contribution is 2.32. The van der Waals surface area contributed by atoms with Crippen molar-refractivity contribution in [1.82, 2.24) is 4.57 Å². The molecule has 4 nitrogen and oxygen atoms in total. The Morgan fingerprint density at radius 2 is 2.11 bits per heavy atom. The molecule has 1 aromatic carbocycles. The Kier molecular flexibility index (Phi) is 4.63. The maximum atomic E-state index is 11.7. The van der Waals surface area contributed by atoms with Gasteiger partial charge in [0.15, 0.2) is 17.2 Å². The molecule has 2 rings (SSSR count). The summed E-state index contributed by atoms with van der Waals surface area (Å²) in [6.07, 6.45) is 1.82. The molecule has 0 N–H and O–H groups in total. The Labute approximate surface area is 123 Å². The van der Waals surface area contributed by atoms with E-state index in [1.54, 1.807) is 22.8 Å². The number of rotatable bonds is 3. The Bertz CT molecular complexity index is 643. The molecule has 1 amide bonds. The lowest BCUT2D eigenvalue weighted by Gasteiger charge is -2.07. The van der Waals surface area contributed by atoms with Crippen LogP contribution in [-0.4, -0.2) is 17.1 Å². The Morgan fingerprint density at radius 3 is 2.68 bits per heavy atom. The number of aryl methyl sites for hydroxylation is 1. The largest absolute Gasteiger partial charge is 0.481 e. The van der Waals surface area contributed by atoms with Crippen LogP contribution in [0.3, 0.4) is 0 Å². The first-order valence-corrected chi connectivity index (χ1v) is 6.96. The van der Waals surface area contributed by atoms with E-state index in [0.717, 1.165) is 0 Å². The van der Waals surface area contributed by atoms with Crippen molar-refractivity contribution in [3.63, 3.8) is 0 Å². The molecule has 0 fully saturated rings. The molecule has 0 aliphatic heterocycles. The number of aromatic nitrogens is 1. The maximum absolute atomic E-state index is 11.7. The van der Waals surface area contributed by atoms with Gasteiger partial charge in [-0.2, -0.15) is 4.99 Å². The van der Waals surface area contributed by atoms with Crippen LogP contribution in [-0.2, 0) is 11.8 Å². The van der Waals surface area contributed by atoms with Crippen molar-refractivity contribution in [2.75, 3.05) is 6.61 Å². The van der Waals surface area contributed by atoms with Gasteiger partial charge in [0.05, 0.1) is 10.0 Å². The van der Waals surface area contributed by atoms with Gasteiger partial charge >= 0.3 is 0 Å². The topological polar surface area (TPSA) is 43.6 Å². The molecule has 0 spiro atoms. The van der Waals surface area contributed by atoms with E-state index in [4.69, 9.17) is 27.9 Å². The first-order valence-electron chi connectivity index (χ1n) is 5.32. The summed E-state index contributed by atoms with van der Waals surface area (Å²) in [7, 11) is 1.81. The third-order valence-corrected chi connectivity index (χ3v) is 3.68. The lowest BCUT2D eigenvalue weighted by molar-refractivity contribution is -0.120. The molecule has 7 heteroatoms. The smallest absolute Gasteiger partial charge is 0.286 e. The van der Waals surface area contributed by atoms with E-state index in [1.165, 1.54) is 11.3 Å². The maximum Gasteiger partial charge on any atom is 0.286 e. The Hall–Kier alpha value is -1.30. The number of nitrogens with zero attached hydrogens (tertiary/aromatic N) is 2. The number of halogens is 2. The molecule has 0 aliphatic carbocycles. The third-order valence-electron chi connectivity index (χ3n) is 2.24. The zero-order chi connectivity index (χ0) is 13.8. The standard InChI is InChI=1S/C12H10Cl2N2O2S/c1-16-5-6-19-12(16)15-10(17)7-18-11-8(13)3-2-4-9(11)14/h2-6H,7H2,1H3. The highest BCUT2D eigenvalue weighted by Gasteiger charge is 2.09. The van der Waals surface area contributed by atoms with Crippen molar-refractivity contribution in [2.24, 2.45) is 12.0 Å². The molecule has 0 unspecified atom stereocenters. The van der Waals surface area contributed by atoms with E-state index in [1.807, 2.05) is 18.6 Å². The second-order valence-corrected chi connectivity index (χ2v) is 5.33. The fraction of sp³-hybridized carbons (Fsp3) is 0.167. The van der Waals surface area contributed by atoms with Gasteiger partial charge in [0.1, 0.15) is 0 Å². The van der Waals surface area contributed by atoms with Gasteiger partial charge in [0, 0.05) is 18.6 Å². The molecule has 0 bridgehead atoms. The molecule has 2 aromatic rings. The normalized spacial score (nSPS) is 11.6. The van der Waals surface area contributed by atoms with Crippen LogP contribution in [0.15, 0.2) is 34.8 Å². The second kappa shape index (κ2) is 6.23. The van der Waals surface area contributed by atoms with Crippen molar-refractivity contribution in [2.45, 2.75) is 0 Å². The lowest BCUT2D eigenvalue weighted by Crippen LogP contribution is -2.16. The van der Waals surface area contributed by atoms with E-state index in [2.05, 4.69) is 4.99 Å². The van der Waals surface area contributed by atoms with Crippen LogP contribution in [0.5, 0.6) is 5.75 Å². The minimum Gasteiger partial charge on any atom is -0.481 e. The van der Waals surface area contributed by atoms with Crippen LogP contribution < -0.4 is 9.54 Å². The first-order chi connectivity index (χ1) is 9.08. The summed E-state index contributed by atoms with van der Waals surface area (Å²) in [4.78, 5) is 16.2. The quantitative estimate of drug-likeness (QED) is 0.874. The zero-order valence-corrected chi connectivity index (χ0v) is 12.3. The van der Waals surface area contributed by atoms with Gasteiger partial charge in [0.2, 0.25) is 0 Å². The van der Waals surface area contributed by atoms with Crippen LogP contribution in [0, 0.1) is 0 Å². The van der Waals surface area contributed by atoms with Gasteiger partial charge in [-0.3, -0.25) is 4.79 Å². The summed E-state index contributed by atoms with van der Waals surface area (Å²) in [5.41, 5.74) is 0. The number of hydrogen-bond donors (Lipinski definition) is 0. The molecule has 0 atom stereocenters. The molecule has 0 saturated carbocycles. The first kappa shape index (κ1) is 14.1. The van der Waals surface area contributed by atoms with E-state index < -0.39 is 5.91 Å². The average molecular weight is 317 g/mol. The average Bonchev–Trinajstić information content (AvgIpc) is 2.74. The van der Waals surface area contributed by atoms with Crippen molar-refractivity contribution in [3.8, 4) is 5.75 Å². The van der Waals surface area contributed by atoms with Gasteiger partial charge in [-0.05, 0) is 12.1 Å². The predicted molar refractivity (Wildman–Crippen MR) is 75.8 cm³/mol. The summed E-state index contributed by atoms with van der Waals surface area (Å²) in [6, 6.07) is 4.99. The highest BCUT2D eigenvalue weighted by atomic mass is 35.5. The predicted octanol–water partition coefficient (Wildman–Crippen LogP) is 2.90. The van der Waals surface area contributed by atoms with E-state index >= 15 is 0 Å². The van der Waals surface area contributed by atoms with Gasteiger partial charge in [0.25, 0.3) is 5.91 Å². The van der Waals surface area contributed by atoms with Gasteiger partial charge < -0.3 is 9.30 Å². The van der Waals surface area contributed by atoms with Crippen LogP contribution in [0.2, 0.25) is 10.0 Å². The molecular formula is C12H10Cl2N2O2S. The monoisotopic (exact) mass is 316 g/mol. The number of amides is 1. The number of ether oxygens (including phenoxy) is 1. The number of thiazole rings is 1. The number of hydrogen-bond acceptors (Lipinski definition) is 3. The van der Waals surface area contributed by atoms with E-state index in [9.17, 15) is 4.79 Å². The van der Waals surface area contributed by atoms with Crippen LogP contribution in [0.4, 0.5) is 0 Å². The SMILES string of the molecule is Cn1ccsc1=NC(=O)COc1c(Cl)cccc1Cl. The van der Waals surface area contributed by atoms with Crippen LogP contribution in [0.1, 0.15) is 0 Å². The van der Waals surface area contributed by atoms with Gasteiger partial charge in [-0.25, -0.2) is 0 Å².